The SMILES string of the molecule is CCCCSc1nc(N)cc(N2CCN(C)C(CCO)C2)n1. The highest BCUT2D eigenvalue weighted by Crippen LogP contribution is 2.23. The molecule has 0 spiro atoms. The number of aromatic nitrogens is 2. The molecule has 0 aromatic carbocycles. The van der Waals surface area contributed by atoms with E-state index in [0.29, 0.717) is 11.9 Å². The Morgan fingerprint density at radius 2 is 2.23 bits per heavy atom. The summed E-state index contributed by atoms with van der Waals surface area (Å²) < 4.78 is 0. The lowest BCUT2D eigenvalue weighted by molar-refractivity contribution is 0.170. The van der Waals surface area contributed by atoms with Gasteiger partial charge < -0.3 is 15.7 Å². The summed E-state index contributed by atoms with van der Waals surface area (Å²) in [6, 6.07) is 2.21. The molecule has 0 aliphatic carbocycles. The number of nitrogen functional groups attached to an aromatic ring is 1. The van der Waals surface area contributed by atoms with Crippen molar-refractivity contribution in [2.75, 3.05) is 49.7 Å². The molecule has 3 N–H and O–H groups in total. The van der Waals surface area contributed by atoms with Crippen molar-refractivity contribution in [3.05, 3.63) is 6.07 Å². The number of unbranched alkanes of at least 4 members (excludes halogenated alkanes) is 1. The highest BCUT2D eigenvalue weighted by molar-refractivity contribution is 7.99. The fourth-order valence-electron chi connectivity index (χ4n) is 2.58. The molecule has 1 unspecified atom stereocenters. The van der Waals surface area contributed by atoms with Gasteiger partial charge in [0.2, 0.25) is 0 Å². The fourth-order valence-corrected chi connectivity index (χ4v) is 3.52. The molecule has 1 aromatic rings. The van der Waals surface area contributed by atoms with Gasteiger partial charge in [-0.15, -0.1) is 0 Å². The highest BCUT2D eigenvalue weighted by atomic mass is 32.2. The Labute approximate surface area is 137 Å². The van der Waals surface area contributed by atoms with E-state index in [9.17, 15) is 5.11 Å². The molecule has 2 rings (SSSR count). The van der Waals surface area contributed by atoms with Crippen molar-refractivity contribution >= 4 is 23.4 Å². The number of nitrogens with two attached hydrogens (primary N) is 1. The van der Waals surface area contributed by atoms with E-state index in [4.69, 9.17) is 5.73 Å². The van der Waals surface area contributed by atoms with Crippen molar-refractivity contribution < 1.29 is 5.11 Å². The molecule has 1 aliphatic rings. The number of hydrogen-bond acceptors (Lipinski definition) is 7. The van der Waals surface area contributed by atoms with Crippen LogP contribution in [-0.4, -0.2) is 65.1 Å². The molecule has 0 bridgehead atoms. The van der Waals surface area contributed by atoms with Gasteiger partial charge in [0.1, 0.15) is 11.6 Å². The zero-order valence-corrected chi connectivity index (χ0v) is 14.3. The second-order valence-corrected chi connectivity index (χ2v) is 6.79. The predicted molar refractivity (Wildman–Crippen MR) is 92.4 cm³/mol. The zero-order valence-electron chi connectivity index (χ0n) is 13.5. The predicted octanol–water partition coefficient (Wildman–Crippen LogP) is 1.45. The highest BCUT2D eigenvalue weighted by Gasteiger charge is 2.25. The average Bonchev–Trinajstić information content (AvgIpc) is 2.49. The van der Waals surface area contributed by atoms with Crippen LogP contribution in [0.25, 0.3) is 0 Å². The molecule has 0 amide bonds. The lowest BCUT2D eigenvalue weighted by Gasteiger charge is -2.40. The second kappa shape index (κ2) is 8.55. The van der Waals surface area contributed by atoms with Gasteiger partial charge in [-0.2, -0.15) is 0 Å². The van der Waals surface area contributed by atoms with E-state index in [1.54, 1.807) is 11.8 Å². The quantitative estimate of drug-likeness (QED) is 0.446. The summed E-state index contributed by atoms with van der Waals surface area (Å²) in [5, 5.41) is 9.97. The second-order valence-electron chi connectivity index (χ2n) is 5.73. The summed E-state index contributed by atoms with van der Waals surface area (Å²) in [4.78, 5) is 13.5. The van der Waals surface area contributed by atoms with Crippen LogP contribution < -0.4 is 10.6 Å². The minimum Gasteiger partial charge on any atom is -0.396 e. The minimum absolute atomic E-state index is 0.215. The van der Waals surface area contributed by atoms with E-state index in [1.165, 1.54) is 6.42 Å². The van der Waals surface area contributed by atoms with Crippen LogP contribution in [0.15, 0.2) is 11.2 Å². The first-order valence-corrected chi connectivity index (χ1v) is 8.96. The molecule has 7 heteroatoms. The Hall–Kier alpha value is -1.05. The van der Waals surface area contributed by atoms with Crippen LogP contribution in [0.2, 0.25) is 0 Å². The van der Waals surface area contributed by atoms with Crippen LogP contribution in [-0.2, 0) is 0 Å². The molecule has 6 nitrogen and oxygen atoms in total. The Bertz CT molecular complexity index is 473. The third-order valence-electron chi connectivity index (χ3n) is 4.00. The van der Waals surface area contributed by atoms with E-state index in [-0.39, 0.29) is 6.61 Å². The van der Waals surface area contributed by atoms with Crippen LogP contribution >= 0.6 is 11.8 Å². The summed E-state index contributed by atoms with van der Waals surface area (Å²) in [5.41, 5.74) is 5.95. The molecule has 2 heterocycles. The lowest BCUT2D eigenvalue weighted by Crippen LogP contribution is -2.52. The smallest absolute Gasteiger partial charge is 0.191 e. The first kappa shape index (κ1) is 17.3. The average molecular weight is 325 g/mol. The monoisotopic (exact) mass is 325 g/mol. The third kappa shape index (κ3) is 4.72. The molecular weight excluding hydrogens is 298 g/mol. The van der Waals surface area contributed by atoms with Gasteiger partial charge in [0, 0.05) is 44.1 Å². The third-order valence-corrected chi connectivity index (χ3v) is 4.94. The number of piperazine rings is 1. The summed E-state index contributed by atoms with van der Waals surface area (Å²) in [6.07, 6.45) is 3.11. The number of likely N-dealkylation sites (N-methyl/N-ethyl adjacent to an activating group) is 1. The molecule has 1 aliphatic heterocycles. The Balaban J connectivity index is 2.07. The van der Waals surface area contributed by atoms with Crippen molar-refractivity contribution in [2.24, 2.45) is 0 Å². The molecule has 1 fully saturated rings. The molecule has 1 aromatic heterocycles. The zero-order chi connectivity index (χ0) is 15.9. The van der Waals surface area contributed by atoms with Crippen LogP contribution in [0.4, 0.5) is 11.6 Å². The molecule has 1 atom stereocenters. The summed E-state index contributed by atoms with van der Waals surface area (Å²) in [7, 11) is 2.11. The van der Waals surface area contributed by atoms with E-state index in [0.717, 1.165) is 49.2 Å². The molecular formula is C15H27N5OS. The topological polar surface area (TPSA) is 78.5 Å². The van der Waals surface area contributed by atoms with Gasteiger partial charge in [0.25, 0.3) is 0 Å². The van der Waals surface area contributed by atoms with Crippen LogP contribution in [0.5, 0.6) is 0 Å². The first-order chi connectivity index (χ1) is 10.6. The van der Waals surface area contributed by atoms with E-state index >= 15 is 0 Å². The molecule has 0 saturated carbocycles. The number of hydrogen-bond donors (Lipinski definition) is 2. The van der Waals surface area contributed by atoms with Crippen LogP contribution in [0, 0.1) is 0 Å². The molecule has 1 saturated heterocycles. The van der Waals surface area contributed by atoms with Crippen molar-refractivity contribution in [1.82, 2.24) is 14.9 Å². The van der Waals surface area contributed by atoms with Gasteiger partial charge >= 0.3 is 0 Å². The van der Waals surface area contributed by atoms with Gasteiger partial charge in [-0.05, 0) is 19.9 Å². The van der Waals surface area contributed by atoms with Gasteiger partial charge in [0.15, 0.2) is 5.16 Å². The van der Waals surface area contributed by atoms with Crippen LogP contribution in [0.1, 0.15) is 26.2 Å². The molecule has 0 radical (unpaired) electrons. The van der Waals surface area contributed by atoms with E-state index in [2.05, 4.69) is 33.7 Å². The maximum absolute atomic E-state index is 9.21. The maximum Gasteiger partial charge on any atom is 0.191 e. The Morgan fingerprint density at radius 3 is 2.95 bits per heavy atom. The van der Waals surface area contributed by atoms with Crippen LogP contribution in [0.3, 0.4) is 0 Å². The maximum atomic E-state index is 9.21. The van der Waals surface area contributed by atoms with E-state index < -0.39 is 0 Å². The van der Waals surface area contributed by atoms with Crippen molar-refractivity contribution in [3.8, 4) is 0 Å². The molecule has 124 valence electrons. The van der Waals surface area contributed by atoms with Crippen molar-refractivity contribution in [2.45, 2.75) is 37.4 Å². The lowest BCUT2D eigenvalue weighted by atomic mass is 10.1. The molecule has 22 heavy (non-hydrogen) atoms. The summed E-state index contributed by atoms with van der Waals surface area (Å²) in [6.45, 7) is 5.15. The largest absolute Gasteiger partial charge is 0.396 e. The number of nitrogens with zero attached hydrogens (tertiary/aromatic N) is 4. The van der Waals surface area contributed by atoms with Gasteiger partial charge in [-0.1, -0.05) is 25.1 Å². The number of aliphatic hydroxyl groups is 1. The number of aliphatic hydroxyl groups excluding tert-OH is 1. The summed E-state index contributed by atoms with van der Waals surface area (Å²) >= 11 is 1.67. The van der Waals surface area contributed by atoms with Gasteiger partial charge in [-0.25, -0.2) is 9.97 Å². The Morgan fingerprint density at radius 1 is 1.41 bits per heavy atom. The minimum atomic E-state index is 0.215. The van der Waals surface area contributed by atoms with Crippen molar-refractivity contribution in [3.63, 3.8) is 0 Å². The normalized spacial score (nSPS) is 19.6. The Kier molecular flexibility index (Phi) is 6.72. The number of anilines is 2. The standard InChI is InChI=1S/C15H27N5OS/c1-3-4-9-22-15-17-13(16)10-14(18-15)20-7-6-19(2)12(11-20)5-8-21/h10,12,21H,3-9,11H2,1-2H3,(H2,16,17,18). The van der Waals surface area contributed by atoms with E-state index in [1.807, 2.05) is 6.07 Å². The number of rotatable bonds is 7. The first-order valence-electron chi connectivity index (χ1n) is 7.97. The van der Waals surface area contributed by atoms with Gasteiger partial charge in [-0.3, -0.25) is 4.90 Å². The fraction of sp³-hybridized carbons (Fsp3) is 0.733. The van der Waals surface area contributed by atoms with Gasteiger partial charge in [0.05, 0.1) is 0 Å². The summed E-state index contributed by atoms with van der Waals surface area (Å²) in [5.74, 6) is 2.46. The number of thioether (sulfide) groups is 1. The van der Waals surface area contributed by atoms with Crippen molar-refractivity contribution in [1.29, 1.82) is 0 Å².